The van der Waals surface area contributed by atoms with Crippen molar-refractivity contribution in [1.29, 1.82) is 0 Å². The van der Waals surface area contributed by atoms with Crippen LogP contribution in [0.25, 0.3) is 0 Å². The Balaban J connectivity index is 1.61. The van der Waals surface area contributed by atoms with E-state index in [4.69, 9.17) is 0 Å². The highest BCUT2D eigenvalue weighted by molar-refractivity contribution is 5.44. The Morgan fingerprint density at radius 2 is 2.07 bits per heavy atom. The number of nitrogens with zero attached hydrogens (tertiary/aromatic N) is 6. The van der Waals surface area contributed by atoms with Gasteiger partial charge in [-0.3, -0.25) is 4.68 Å². The van der Waals surface area contributed by atoms with Crippen LogP contribution >= 0.6 is 0 Å². The predicted octanol–water partition coefficient (Wildman–Crippen LogP) is 3.21. The van der Waals surface area contributed by atoms with Crippen molar-refractivity contribution in [3.8, 4) is 0 Å². The summed E-state index contributed by atoms with van der Waals surface area (Å²) in [5, 5.41) is 7.03. The molecule has 0 radical (unpaired) electrons. The molecule has 10 heteroatoms. The molecule has 0 saturated carbocycles. The molecular formula is C18H20F3N7. The Bertz CT molecular complexity index is 989. The zero-order valence-corrected chi connectivity index (χ0v) is 15.5. The second kappa shape index (κ2) is 6.92. The van der Waals surface area contributed by atoms with Gasteiger partial charge in [-0.2, -0.15) is 18.3 Å². The normalized spacial score (nSPS) is 16.8. The third-order valence-electron chi connectivity index (χ3n) is 5.09. The fraction of sp³-hybridized carbons (Fsp3) is 0.444. The van der Waals surface area contributed by atoms with Crippen LogP contribution in [0.15, 0.2) is 24.8 Å². The van der Waals surface area contributed by atoms with Crippen molar-refractivity contribution >= 4 is 5.82 Å². The average molecular weight is 391 g/mol. The minimum atomic E-state index is -4.50. The fourth-order valence-electron chi connectivity index (χ4n) is 3.64. The molecule has 0 amide bonds. The van der Waals surface area contributed by atoms with E-state index in [1.807, 2.05) is 17.8 Å². The molecule has 3 aromatic rings. The third kappa shape index (κ3) is 3.23. The van der Waals surface area contributed by atoms with Gasteiger partial charge in [0.2, 0.25) is 0 Å². The first kappa shape index (κ1) is 18.5. The van der Waals surface area contributed by atoms with Crippen LogP contribution in [-0.4, -0.2) is 36.3 Å². The molecule has 0 aromatic carbocycles. The van der Waals surface area contributed by atoms with Crippen molar-refractivity contribution in [3.05, 3.63) is 53.3 Å². The van der Waals surface area contributed by atoms with E-state index in [2.05, 4.69) is 29.9 Å². The van der Waals surface area contributed by atoms with E-state index in [0.717, 1.165) is 42.7 Å². The summed E-state index contributed by atoms with van der Waals surface area (Å²) in [4.78, 5) is 12.4. The maximum absolute atomic E-state index is 13.0. The van der Waals surface area contributed by atoms with E-state index in [1.54, 1.807) is 12.4 Å². The molecule has 7 nitrogen and oxygen atoms in total. The van der Waals surface area contributed by atoms with Gasteiger partial charge in [0.05, 0.1) is 6.20 Å². The number of nitrogens with one attached hydrogen (secondary N) is 1. The number of aromatic nitrogens is 6. The maximum atomic E-state index is 13.0. The molecule has 1 atom stereocenters. The van der Waals surface area contributed by atoms with Crippen LogP contribution in [0.5, 0.6) is 0 Å². The average Bonchev–Trinajstić information content (AvgIpc) is 3.28. The standard InChI is InChI=1S/C18H20F3N7/c1-11-12(8-15-24-10-13(18(19,20)21)16(22-2)26-15)9-25-28(11)14-4-3-6-27-7-5-23-17(14)27/h5,7,9-10,14H,3-4,6,8H2,1-2H3,(H,22,24,26). The lowest BCUT2D eigenvalue weighted by atomic mass is 10.1. The lowest BCUT2D eigenvalue weighted by Gasteiger charge is -2.24. The molecule has 0 saturated heterocycles. The van der Waals surface area contributed by atoms with Crippen molar-refractivity contribution in [3.63, 3.8) is 0 Å². The number of imidazole rings is 1. The Morgan fingerprint density at radius 1 is 1.25 bits per heavy atom. The first-order valence-corrected chi connectivity index (χ1v) is 9.03. The molecule has 1 N–H and O–H groups in total. The van der Waals surface area contributed by atoms with E-state index >= 15 is 0 Å². The van der Waals surface area contributed by atoms with Gasteiger partial charge < -0.3 is 9.88 Å². The molecule has 148 valence electrons. The van der Waals surface area contributed by atoms with Gasteiger partial charge in [-0.25, -0.2) is 15.0 Å². The highest BCUT2D eigenvalue weighted by atomic mass is 19.4. The van der Waals surface area contributed by atoms with Crippen molar-refractivity contribution in [2.75, 3.05) is 12.4 Å². The smallest absolute Gasteiger partial charge is 0.373 e. The van der Waals surface area contributed by atoms with Crippen LogP contribution in [0.3, 0.4) is 0 Å². The molecule has 3 aromatic heterocycles. The van der Waals surface area contributed by atoms with Crippen LogP contribution < -0.4 is 5.32 Å². The van der Waals surface area contributed by atoms with E-state index in [1.165, 1.54) is 7.05 Å². The number of hydrogen-bond acceptors (Lipinski definition) is 5. The summed E-state index contributed by atoms with van der Waals surface area (Å²) in [6.45, 7) is 2.90. The fourth-order valence-corrected chi connectivity index (χ4v) is 3.64. The first-order valence-electron chi connectivity index (χ1n) is 9.03. The minimum absolute atomic E-state index is 0.0545. The van der Waals surface area contributed by atoms with E-state index in [-0.39, 0.29) is 11.9 Å². The molecule has 1 aliphatic rings. The topological polar surface area (TPSA) is 73.5 Å². The van der Waals surface area contributed by atoms with E-state index < -0.39 is 11.7 Å². The number of fused-ring (bicyclic) bond motifs is 1. The predicted molar refractivity (Wildman–Crippen MR) is 96.0 cm³/mol. The summed E-state index contributed by atoms with van der Waals surface area (Å²) >= 11 is 0. The zero-order valence-electron chi connectivity index (χ0n) is 15.5. The van der Waals surface area contributed by atoms with Crippen LogP contribution in [0.4, 0.5) is 19.0 Å². The molecule has 0 spiro atoms. The zero-order chi connectivity index (χ0) is 19.9. The van der Waals surface area contributed by atoms with Crippen LogP contribution in [0, 0.1) is 6.92 Å². The SMILES string of the molecule is CNc1nc(Cc2cnn(C3CCCn4ccnc43)c2C)ncc1C(F)(F)F. The summed E-state index contributed by atoms with van der Waals surface area (Å²) in [6, 6.07) is 0.0545. The molecule has 0 aliphatic carbocycles. The maximum Gasteiger partial charge on any atom is 0.421 e. The summed E-state index contributed by atoms with van der Waals surface area (Å²) < 4.78 is 43.1. The van der Waals surface area contributed by atoms with Gasteiger partial charge in [-0.15, -0.1) is 0 Å². The Kier molecular flexibility index (Phi) is 4.56. The van der Waals surface area contributed by atoms with Gasteiger partial charge in [-0.1, -0.05) is 0 Å². The summed E-state index contributed by atoms with van der Waals surface area (Å²) in [6.07, 6.45) is 4.11. The second-order valence-corrected chi connectivity index (χ2v) is 6.81. The summed E-state index contributed by atoms with van der Waals surface area (Å²) in [5.74, 6) is 1.06. The number of rotatable bonds is 4. The highest BCUT2D eigenvalue weighted by Gasteiger charge is 2.35. The number of aryl methyl sites for hydroxylation is 1. The van der Waals surface area contributed by atoms with Crippen molar-refractivity contribution < 1.29 is 13.2 Å². The number of alkyl halides is 3. The highest BCUT2D eigenvalue weighted by Crippen LogP contribution is 2.33. The Labute approximate surface area is 159 Å². The first-order chi connectivity index (χ1) is 13.4. The molecular weight excluding hydrogens is 371 g/mol. The molecule has 4 heterocycles. The van der Waals surface area contributed by atoms with E-state index in [9.17, 15) is 13.2 Å². The lowest BCUT2D eigenvalue weighted by Crippen LogP contribution is -2.23. The van der Waals surface area contributed by atoms with Gasteiger partial charge in [0.1, 0.15) is 29.1 Å². The van der Waals surface area contributed by atoms with E-state index in [0.29, 0.717) is 12.2 Å². The van der Waals surface area contributed by atoms with Crippen LogP contribution in [-0.2, 0) is 19.1 Å². The minimum Gasteiger partial charge on any atom is -0.373 e. The largest absolute Gasteiger partial charge is 0.421 e. The monoisotopic (exact) mass is 391 g/mol. The molecule has 0 bridgehead atoms. The summed E-state index contributed by atoms with van der Waals surface area (Å²) in [5.41, 5.74) is 0.946. The number of halogens is 3. The van der Waals surface area contributed by atoms with Gasteiger partial charge in [0.15, 0.2) is 0 Å². The van der Waals surface area contributed by atoms with Gasteiger partial charge in [0.25, 0.3) is 0 Å². The molecule has 1 unspecified atom stereocenters. The van der Waals surface area contributed by atoms with Gasteiger partial charge in [-0.05, 0) is 19.8 Å². The second-order valence-electron chi connectivity index (χ2n) is 6.81. The number of hydrogen-bond donors (Lipinski definition) is 1. The van der Waals surface area contributed by atoms with Gasteiger partial charge >= 0.3 is 6.18 Å². The van der Waals surface area contributed by atoms with Crippen LogP contribution in [0.2, 0.25) is 0 Å². The van der Waals surface area contributed by atoms with Crippen molar-refractivity contribution in [2.24, 2.45) is 0 Å². The number of anilines is 1. The Morgan fingerprint density at radius 3 is 2.82 bits per heavy atom. The third-order valence-corrected chi connectivity index (χ3v) is 5.09. The molecule has 4 rings (SSSR count). The quantitative estimate of drug-likeness (QED) is 0.739. The Hall–Kier alpha value is -2.91. The summed E-state index contributed by atoms with van der Waals surface area (Å²) in [7, 11) is 1.41. The van der Waals surface area contributed by atoms with Crippen molar-refractivity contribution in [1.82, 2.24) is 29.3 Å². The molecule has 1 aliphatic heterocycles. The van der Waals surface area contributed by atoms with Gasteiger partial charge in [0, 0.05) is 49.9 Å². The lowest BCUT2D eigenvalue weighted by molar-refractivity contribution is -0.137. The molecule has 0 fully saturated rings. The van der Waals surface area contributed by atoms with Crippen molar-refractivity contribution in [2.45, 2.75) is 44.9 Å². The van der Waals surface area contributed by atoms with Crippen LogP contribution in [0.1, 0.15) is 47.4 Å². The molecule has 28 heavy (non-hydrogen) atoms.